The highest BCUT2D eigenvalue weighted by Gasteiger charge is 2.48. The van der Waals surface area contributed by atoms with E-state index in [-0.39, 0.29) is 11.5 Å². The van der Waals surface area contributed by atoms with Crippen molar-refractivity contribution < 1.29 is 9.84 Å². The molecule has 104 valence electrons. The molecule has 0 bridgehead atoms. The molecule has 2 aliphatic rings. The van der Waals surface area contributed by atoms with E-state index in [1.807, 2.05) is 12.1 Å². The molecule has 1 fully saturated rings. The summed E-state index contributed by atoms with van der Waals surface area (Å²) in [4.78, 5) is 0. The maximum absolute atomic E-state index is 9.87. The SMILES string of the molecule is CC1COc2ccccc2C1NC1CC(O)C1(C)C. The summed E-state index contributed by atoms with van der Waals surface area (Å²) in [5.74, 6) is 1.44. The zero-order chi connectivity index (χ0) is 13.6. The van der Waals surface area contributed by atoms with E-state index in [4.69, 9.17) is 4.74 Å². The summed E-state index contributed by atoms with van der Waals surface area (Å²) < 4.78 is 5.78. The lowest BCUT2D eigenvalue weighted by Crippen LogP contribution is -2.61. The van der Waals surface area contributed by atoms with Crippen LogP contribution in [0.2, 0.25) is 0 Å². The van der Waals surface area contributed by atoms with Crippen molar-refractivity contribution in [1.29, 1.82) is 0 Å². The summed E-state index contributed by atoms with van der Waals surface area (Å²) in [7, 11) is 0. The molecule has 1 aliphatic heterocycles. The molecule has 1 saturated carbocycles. The average Bonchev–Trinajstić information content (AvgIpc) is 2.41. The number of aliphatic hydroxyl groups is 1. The Kier molecular flexibility index (Phi) is 3.06. The van der Waals surface area contributed by atoms with E-state index in [9.17, 15) is 5.11 Å². The maximum atomic E-state index is 9.87. The van der Waals surface area contributed by atoms with Gasteiger partial charge in [-0.15, -0.1) is 0 Å². The Hall–Kier alpha value is -1.06. The summed E-state index contributed by atoms with van der Waals surface area (Å²) in [6.45, 7) is 7.24. The van der Waals surface area contributed by atoms with Crippen LogP contribution >= 0.6 is 0 Å². The van der Waals surface area contributed by atoms with Gasteiger partial charge in [-0.3, -0.25) is 0 Å². The molecule has 3 nitrogen and oxygen atoms in total. The lowest BCUT2D eigenvalue weighted by molar-refractivity contribution is -0.0793. The van der Waals surface area contributed by atoms with E-state index in [2.05, 4.69) is 38.2 Å². The summed E-state index contributed by atoms with van der Waals surface area (Å²) >= 11 is 0. The Bertz CT molecular complexity index is 472. The predicted molar refractivity (Wildman–Crippen MR) is 75.2 cm³/mol. The molecule has 0 aromatic heterocycles. The zero-order valence-electron chi connectivity index (χ0n) is 11.9. The normalized spacial score (nSPS) is 36.0. The van der Waals surface area contributed by atoms with Gasteiger partial charge in [0.2, 0.25) is 0 Å². The molecule has 4 unspecified atom stereocenters. The molecule has 2 N–H and O–H groups in total. The molecule has 19 heavy (non-hydrogen) atoms. The van der Waals surface area contributed by atoms with E-state index in [1.54, 1.807) is 0 Å². The lowest BCUT2D eigenvalue weighted by Gasteiger charge is -2.52. The lowest BCUT2D eigenvalue weighted by atomic mass is 9.64. The number of hydrogen-bond donors (Lipinski definition) is 2. The van der Waals surface area contributed by atoms with Gasteiger partial charge in [0.15, 0.2) is 0 Å². The molecule has 1 aliphatic carbocycles. The molecule has 3 heteroatoms. The monoisotopic (exact) mass is 261 g/mol. The number of benzene rings is 1. The van der Waals surface area contributed by atoms with Gasteiger partial charge in [0.05, 0.1) is 12.7 Å². The number of fused-ring (bicyclic) bond motifs is 1. The van der Waals surface area contributed by atoms with Gasteiger partial charge in [-0.1, -0.05) is 39.0 Å². The Morgan fingerprint density at radius 1 is 1.32 bits per heavy atom. The summed E-state index contributed by atoms with van der Waals surface area (Å²) in [6.07, 6.45) is 0.662. The topological polar surface area (TPSA) is 41.5 Å². The first-order valence-corrected chi connectivity index (χ1v) is 7.16. The van der Waals surface area contributed by atoms with Crippen LogP contribution in [0, 0.1) is 11.3 Å². The van der Waals surface area contributed by atoms with E-state index in [0.29, 0.717) is 18.0 Å². The van der Waals surface area contributed by atoms with Crippen LogP contribution in [0.25, 0.3) is 0 Å². The van der Waals surface area contributed by atoms with Gasteiger partial charge in [0, 0.05) is 29.0 Å². The fourth-order valence-corrected chi connectivity index (χ4v) is 3.15. The molecule has 3 rings (SSSR count). The molecular weight excluding hydrogens is 238 g/mol. The molecule has 0 amide bonds. The number of aliphatic hydroxyl groups excluding tert-OH is 1. The minimum absolute atomic E-state index is 0.0348. The minimum atomic E-state index is -0.185. The molecule has 0 radical (unpaired) electrons. The summed E-state index contributed by atoms with van der Waals surface area (Å²) in [5.41, 5.74) is 1.21. The van der Waals surface area contributed by atoms with E-state index >= 15 is 0 Å². The fourth-order valence-electron chi connectivity index (χ4n) is 3.15. The first-order chi connectivity index (χ1) is 9.00. The Morgan fingerprint density at radius 3 is 2.74 bits per heavy atom. The third kappa shape index (κ3) is 2.05. The van der Waals surface area contributed by atoms with Crippen LogP contribution in [0.3, 0.4) is 0 Å². The second kappa shape index (κ2) is 4.50. The highest BCUT2D eigenvalue weighted by Crippen LogP contribution is 2.44. The average molecular weight is 261 g/mol. The van der Waals surface area contributed by atoms with Gasteiger partial charge in [-0.25, -0.2) is 0 Å². The van der Waals surface area contributed by atoms with E-state index in [0.717, 1.165) is 18.8 Å². The highest BCUT2D eigenvalue weighted by atomic mass is 16.5. The number of para-hydroxylation sites is 1. The number of rotatable bonds is 2. The standard InChI is InChI=1S/C16H23NO2/c1-10-9-19-12-7-5-4-6-11(12)15(10)17-13-8-14(18)16(13,2)3/h4-7,10,13-15,17-18H,8-9H2,1-3H3. The third-order valence-electron chi connectivity index (χ3n) is 4.92. The van der Waals surface area contributed by atoms with Gasteiger partial charge in [-0.05, 0) is 12.5 Å². The largest absolute Gasteiger partial charge is 0.493 e. The first-order valence-electron chi connectivity index (χ1n) is 7.16. The van der Waals surface area contributed by atoms with Crippen molar-refractivity contribution in [3.05, 3.63) is 29.8 Å². The van der Waals surface area contributed by atoms with Gasteiger partial charge in [-0.2, -0.15) is 0 Å². The summed E-state index contributed by atoms with van der Waals surface area (Å²) in [5, 5.41) is 13.6. The van der Waals surface area contributed by atoms with Crippen molar-refractivity contribution in [3.63, 3.8) is 0 Å². The first kappa shape index (κ1) is 12.9. The van der Waals surface area contributed by atoms with Crippen LogP contribution in [0.15, 0.2) is 24.3 Å². The number of hydrogen-bond acceptors (Lipinski definition) is 3. The van der Waals surface area contributed by atoms with Crippen LogP contribution in [0.4, 0.5) is 0 Å². The van der Waals surface area contributed by atoms with Crippen LogP contribution < -0.4 is 10.1 Å². The highest BCUT2D eigenvalue weighted by molar-refractivity contribution is 5.38. The quantitative estimate of drug-likeness (QED) is 0.859. The van der Waals surface area contributed by atoms with Crippen LogP contribution in [-0.2, 0) is 0 Å². The third-order valence-corrected chi connectivity index (χ3v) is 4.92. The van der Waals surface area contributed by atoms with Crippen molar-refractivity contribution in [1.82, 2.24) is 5.32 Å². The van der Waals surface area contributed by atoms with E-state index in [1.165, 1.54) is 5.56 Å². The Labute approximate surface area is 115 Å². The van der Waals surface area contributed by atoms with E-state index < -0.39 is 0 Å². The van der Waals surface area contributed by atoms with Crippen molar-refractivity contribution in [2.75, 3.05) is 6.61 Å². The van der Waals surface area contributed by atoms with Gasteiger partial charge in [0.1, 0.15) is 5.75 Å². The fraction of sp³-hybridized carbons (Fsp3) is 0.625. The van der Waals surface area contributed by atoms with Crippen molar-refractivity contribution in [2.24, 2.45) is 11.3 Å². The Balaban J connectivity index is 1.81. The van der Waals surface area contributed by atoms with Crippen LogP contribution in [-0.4, -0.2) is 23.9 Å². The second-order valence-electron chi connectivity index (χ2n) is 6.60. The molecule has 1 aromatic carbocycles. The maximum Gasteiger partial charge on any atom is 0.124 e. The van der Waals surface area contributed by atoms with Gasteiger partial charge in [0.25, 0.3) is 0 Å². The van der Waals surface area contributed by atoms with Crippen molar-refractivity contribution in [3.8, 4) is 5.75 Å². The molecular formula is C16H23NO2. The van der Waals surface area contributed by atoms with Crippen molar-refractivity contribution >= 4 is 0 Å². The molecule has 1 heterocycles. The smallest absolute Gasteiger partial charge is 0.124 e. The molecule has 1 aromatic rings. The zero-order valence-corrected chi connectivity index (χ0v) is 11.9. The molecule has 0 saturated heterocycles. The second-order valence-corrected chi connectivity index (χ2v) is 6.60. The number of nitrogens with one attached hydrogen (secondary N) is 1. The molecule has 0 spiro atoms. The van der Waals surface area contributed by atoms with Gasteiger partial charge < -0.3 is 15.2 Å². The van der Waals surface area contributed by atoms with Crippen molar-refractivity contribution in [2.45, 2.75) is 45.4 Å². The molecule has 4 atom stereocenters. The minimum Gasteiger partial charge on any atom is -0.493 e. The van der Waals surface area contributed by atoms with Crippen LogP contribution in [0.5, 0.6) is 5.75 Å². The van der Waals surface area contributed by atoms with Crippen LogP contribution in [0.1, 0.15) is 38.8 Å². The summed E-state index contributed by atoms with van der Waals surface area (Å²) in [6, 6.07) is 8.96. The predicted octanol–water partition coefficient (Wildman–Crippen LogP) is 2.51. The van der Waals surface area contributed by atoms with Gasteiger partial charge >= 0.3 is 0 Å². The number of ether oxygens (including phenoxy) is 1. The Morgan fingerprint density at radius 2 is 2.05 bits per heavy atom.